The molecule has 0 aliphatic heterocycles. The molecule has 0 unspecified atom stereocenters. The van der Waals surface area contributed by atoms with Crippen molar-refractivity contribution in [2.75, 3.05) is 13.6 Å². The van der Waals surface area contributed by atoms with Crippen LogP contribution in [-0.4, -0.2) is 29.1 Å². The van der Waals surface area contributed by atoms with Gasteiger partial charge in [0, 0.05) is 32.3 Å². The molecule has 0 spiro atoms. The van der Waals surface area contributed by atoms with Crippen LogP contribution in [0.4, 0.5) is 0 Å². The number of rotatable bonds is 7. The molecule has 0 radical (unpaired) electrons. The summed E-state index contributed by atoms with van der Waals surface area (Å²) in [4.78, 5) is 15.5. The normalized spacial score (nSPS) is 10.4. The van der Waals surface area contributed by atoms with Crippen LogP contribution >= 0.6 is 0 Å². The second-order valence-electron chi connectivity index (χ2n) is 3.71. The smallest absolute Gasteiger partial charge is 0.221 e. The van der Waals surface area contributed by atoms with E-state index in [1.807, 2.05) is 24.7 Å². The number of aryl methyl sites for hydroxylation is 1. The average molecular weight is 224 g/mol. The van der Waals surface area contributed by atoms with E-state index in [4.69, 9.17) is 0 Å². The first-order valence-electron chi connectivity index (χ1n) is 5.68. The molecule has 90 valence electrons. The number of carbonyl (C=O) groups is 1. The van der Waals surface area contributed by atoms with Crippen molar-refractivity contribution in [3.05, 3.63) is 18.2 Å². The Morgan fingerprint density at radius 1 is 1.56 bits per heavy atom. The summed E-state index contributed by atoms with van der Waals surface area (Å²) in [5, 5.41) is 5.93. The summed E-state index contributed by atoms with van der Waals surface area (Å²) in [6.07, 6.45) is 5.06. The SMILES string of the molecule is CCCNC(=O)CCn1cncc1CNC. The molecule has 5 heteroatoms. The number of hydrogen-bond donors (Lipinski definition) is 2. The van der Waals surface area contributed by atoms with E-state index < -0.39 is 0 Å². The van der Waals surface area contributed by atoms with Crippen LogP contribution in [0.5, 0.6) is 0 Å². The third-order valence-corrected chi connectivity index (χ3v) is 2.31. The molecule has 0 bridgehead atoms. The van der Waals surface area contributed by atoms with Crippen LogP contribution in [0.1, 0.15) is 25.5 Å². The van der Waals surface area contributed by atoms with Gasteiger partial charge in [-0.2, -0.15) is 0 Å². The van der Waals surface area contributed by atoms with Crippen LogP contribution in [0.15, 0.2) is 12.5 Å². The highest BCUT2D eigenvalue weighted by Gasteiger charge is 2.04. The summed E-state index contributed by atoms with van der Waals surface area (Å²) in [5.74, 6) is 0.103. The van der Waals surface area contributed by atoms with Gasteiger partial charge in [0.1, 0.15) is 0 Å². The number of amides is 1. The topological polar surface area (TPSA) is 59.0 Å². The van der Waals surface area contributed by atoms with Crippen molar-refractivity contribution in [3.8, 4) is 0 Å². The molecule has 0 atom stereocenters. The van der Waals surface area contributed by atoms with Gasteiger partial charge in [-0.05, 0) is 13.5 Å². The van der Waals surface area contributed by atoms with Gasteiger partial charge < -0.3 is 15.2 Å². The Balaban J connectivity index is 2.35. The molecule has 0 aromatic carbocycles. The quantitative estimate of drug-likeness (QED) is 0.710. The van der Waals surface area contributed by atoms with Crippen LogP contribution in [-0.2, 0) is 17.9 Å². The Labute approximate surface area is 96.3 Å². The van der Waals surface area contributed by atoms with Crippen molar-refractivity contribution in [2.45, 2.75) is 32.9 Å². The van der Waals surface area contributed by atoms with Gasteiger partial charge >= 0.3 is 0 Å². The first-order valence-corrected chi connectivity index (χ1v) is 5.68. The van der Waals surface area contributed by atoms with E-state index in [9.17, 15) is 4.79 Å². The number of aromatic nitrogens is 2. The van der Waals surface area contributed by atoms with Gasteiger partial charge in [0.05, 0.1) is 12.0 Å². The van der Waals surface area contributed by atoms with Crippen molar-refractivity contribution in [2.24, 2.45) is 0 Å². The maximum Gasteiger partial charge on any atom is 0.221 e. The summed E-state index contributed by atoms with van der Waals surface area (Å²) in [5.41, 5.74) is 1.10. The highest BCUT2D eigenvalue weighted by atomic mass is 16.1. The number of nitrogens with one attached hydrogen (secondary N) is 2. The summed E-state index contributed by atoms with van der Waals surface area (Å²) in [6.45, 7) is 4.26. The molecule has 0 aliphatic rings. The van der Waals surface area contributed by atoms with Gasteiger partial charge in [-0.1, -0.05) is 6.92 Å². The molecular formula is C11H20N4O. The lowest BCUT2D eigenvalue weighted by molar-refractivity contribution is -0.121. The Morgan fingerprint density at radius 3 is 3.06 bits per heavy atom. The Kier molecular flexibility index (Phi) is 5.56. The van der Waals surface area contributed by atoms with Crippen molar-refractivity contribution < 1.29 is 4.79 Å². The van der Waals surface area contributed by atoms with Gasteiger partial charge in [0.2, 0.25) is 5.91 Å². The molecule has 2 N–H and O–H groups in total. The maximum atomic E-state index is 11.4. The van der Waals surface area contributed by atoms with Crippen molar-refractivity contribution >= 4 is 5.91 Å². The zero-order chi connectivity index (χ0) is 11.8. The third-order valence-electron chi connectivity index (χ3n) is 2.31. The highest BCUT2D eigenvalue weighted by Crippen LogP contribution is 2.00. The third kappa shape index (κ3) is 4.02. The van der Waals surface area contributed by atoms with E-state index in [-0.39, 0.29) is 5.91 Å². The standard InChI is InChI=1S/C11H20N4O/c1-3-5-14-11(16)4-6-15-9-13-8-10(15)7-12-2/h8-9,12H,3-7H2,1-2H3,(H,14,16). The van der Waals surface area contributed by atoms with E-state index >= 15 is 0 Å². The first-order chi connectivity index (χ1) is 7.77. The molecule has 0 aliphatic carbocycles. The average Bonchev–Trinajstić information content (AvgIpc) is 2.72. The highest BCUT2D eigenvalue weighted by molar-refractivity contribution is 5.75. The molecule has 0 saturated heterocycles. The van der Waals surface area contributed by atoms with E-state index in [1.54, 1.807) is 6.33 Å². The van der Waals surface area contributed by atoms with E-state index in [1.165, 1.54) is 0 Å². The number of nitrogens with zero attached hydrogens (tertiary/aromatic N) is 2. The second-order valence-corrected chi connectivity index (χ2v) is 3.71. The molecule has 1 aromatic heterocycles. The first kappa shape index (κ1) is 12.7. The minimum absolute atomic E-state index is 0.103. The van der Waals surface area contributed by atoms with Crippen LogP contribution in [0, 0.1) is 0 Å². The summed E-state index contributed by atoms with van der Waals surface area (Å²) in [7, 11) is 1.89. The lowest BCUT2D eigenvalue weighted by Gasteiger charge is -2.07. The van der Waals surface area contributed by atoms with Crippen molar-refractivity contribution in [1.82, 2.24) is 20.2 Å². The van der Waals surface area contributed by atoms with Crippen molar-refractivity contribution in [1.29, 1.82) is 0 Å². The van der Waals surface area contributed by atoms with Gasteiger partial charge in [0.15, 0.2) is 0 Å². The predicted molar refractivity (Wildman–Crippen MR) is 62.9 cm³/mol. The van der Waals surface area contributed by atoms with Crippen LogP contribution < -0.4 is 10.6 Å². The lowest BCUT2D eigenvalue weighted by Crippen LogP contribution is -2.25. The largest absolute Gasteiger partial charge is 0.356 e. The molecular weight excluding hydrogens is 204 g/mol. The minimum Gasteiger partial charge on any atom is -0.356 e. The fraction of sp³-hybridized carbons (Fsp3) is 0.636. The molecule has 1 aromatic rings. The van der Waals surface area contributed by atoms with E-state index in [2.05, 4.69) is 15.6 Å². The summed E-state index contributed by atoms with van der Waals surface area (Å²) in [6, 6.07) is 0. The predicted octanol–water partition coefficient (Wildman–Crippen LogP) is 0.519. The Bertz CT molecular complexity index is 322. The summed E-state index contributed by atoms with van der Waals surface area (Å²) >= 11 is 0. The molecule has 1 heterocycles. The zero-order valence-corrected chi connectivity index (χ0v) is 9.99. The molecule has 1 amide bonds. The van der Waals surface area contributed by atoms with Gasteiger partial charge in [-0.15, -0.1) is 0 Å². The lowest BCUT2D eigenvalue weighted by atomic mass is 10.3. The number of imidazole rings is 1. The Hall–Kier alpha value is -1.36. The van der Waals surface area contributed by atoms with Gasteiger partial charge in [0.25, 0.3) is 0 Å². The molecule has 0 saturated carbocycles. The molecule has 16 heavy (non-hydrogen) atoms. The van der Waals surface area contributed by atoms with E-state index in [0.29, 0.717) is 13.0 Å². The van der Waals surface area contributed by atoms with Gasteiger partial charge in [-0.25, -0.2) is 4.98 Å². The minimum atomic E-state index is 0.103. The monoisotopic (exact) mass is 224 g/mol. The fourth-order valence-electron chi connectivity index (χ4n) is 1.45. The summed E-state index contributed by atoms with van der Waals surface area (Å²) < 4.78 is 2.00. The number of hydrogen-bond acceptors (Lipinski definition) is 3. The molecule has 5 nitrogen and oxygen atoms in total. The fourth-order valence-corrected chi connectivity index (χ4v) is 1.45. The van der Waals surface area contributed by atoms with Crippen LogP contribution in [0.3, 0.4) is 0 Å². The maximum absolute atomic E-state index is 11.4. The molecule has 0 fully saturated rings. The second kappa shape index (κ2) is 7.00. The van der Waals surface area contributed by atoms with E-state index in [0.717, 1.165) is 25.2 Å². The zero-order valence-electron chi connectivity index (χ0n) is 9.99. The van der Waals surface area contributed by atoms with Gasteiger partial charge in [-0.3, -0.25) is 4.79 Å². The molecule has 1 rings (SSSR count). The Morgan fingerprint density at radius 2 is 2.38 bits per heavy atom. The van der Waals surface area contributed by atoms with Crippen molar-refractivity contribution in [3.63, 3.8) is 0 Å². The van der Waals surface area contributed by atoms with Crippen LogP contribution in [0.2, 0.25) is 0 Å². The number of carbonyl (C=O) groups excluding carboxylic acids is 1. The van der Waals surface area contributed by atoms with Crippen LogP contribution in [0.25, 0.3) is 0 Å².